The van der Waals surface area contributed by atoms with Crippen LogP contribution in [0.25, 0.3) is 5.57 Å². The first-order valence-electron chi connectivity index (χ1n) is 9.12. The van der Waals surface area contributed by atoms with Gasteiger partial charge in [-0.3, -0.25) is 5.41 Å². The highest BCUT2D eigenvalue weighted by Gasteiger charge is 2.36. The molecule has 0 radical (unpaired) electrons. The summed E-state index contributed by atoms with van der Waals surface area (Å²) in [5.41, 5.74) is 3.51. The molecule has 1 aliphatic rings. The number of likely N-dealkylation sites (N-methyl/N-ethyl adjacent to an activating group) is 1. The van der Waals surface area contributed by atoms with E-state index < -0.39 is 0 Å². The van der Waals surface area contributed by atoms with Crippen molar-refractivity contribution >= 4 is 23.0 Å². The molecular weight excluding hydrogens is 344 g/mol. The van der Waals surface area contributed by atoms with Crippen LogP contribution in [0.15, 0.2) is 54.3 Å². The Bertz CT molecular complexity index is 829. The van der Waals surface area contributed by atoms with E-state index in [4.69, 9.17) is 17.0 Å². The minimum Gasteiger partial charge on any atom is -0.509 e. The summed E-state index contributed by atoms with van der Waals surface area (Å²) in [5.74, 6) is 0.531. The molecule has 4 heteroatoms. The number of benzene rings is 2. The monoisotopic (exact) mass is 368 g/mol. The summed E-state index contributed by atoms with van der Waals surface area (Å²) in [7, 11) is 1.84. The van der Waals surface area contributed by atoms with Crippen LogP contribution in [-0.2, 0) is 6.42 Å². The van der Waals surface area contributed by atoms with Gasteiger partial charge in [-0.05, 0) is 41.7 Å². The highest BCUT2D eigenvalue weighted by Crippen LogP contribution is 2.40. The first-order valence-corrected chi connectivity index (χ1v) is 9.50. The van der Waals surface area contributed by atoms with Crippen molar-refractivity contribution in [2.45, 2.75) is 38.6 Å². The molecule has 1 aliphatic heterocycles. The quantitative estimate of drug-likeness (QED) is 0.613. The number of aliphatic hydroxyl groups excluding tert-OH is 1. The van der Waals surface area contributed by atoms with Crippen molar-refractivity contribution in [1.82, 2.24) is 4.90 Å². The number of amidine groups is 1. The lowest BCUT2D eigenvalue weighted by Crippen LogP contribution is -2.25. The van der Waals surface area contributed by atoms with Gasteiger partial charge in [0.25, 0.3) is 0 Å². The first-order chi connectivity index (χ1) is 12.5. The van der Waals surface area contributed by atoms with Crippen molar-refractivity contribution in [1.29, 1.82) is 5.41 Å². The minimum atomic E-state index is -0.332. The topological polar surface area (TPSA) is 47.3 Å². The van der Waals surface area contributed by atoms with E-state index >= 15 is 0 Å². The molecule has 0 bridgehead atoms. The Morgan fingerprint density at radius 1 is 1.12 bits per heavy atom. The van der Waals surface area contributed by atoms with E-state index in [9.17, 15) is 5.11 Å². The fraction of sp³-hybridized carbons (Fsp3) is 0.318. The molecule has 0 saturated carbocycles. The molecule has 0 saturated heterocycles. The van der Waals surface area contributed by atoms with Crippen molar-refractivity contribution in [3.63, 3.8) is 0 Å². The molecular formula is C22H25ClN2O. The Labute approximate surface area is 160 Å². The van der Waals surface area contributed by atoms with Crippen molar-refractivity contribution in [3.8, 4) is 0 Å². The van der Waals surface area contributed by atoms with Crippen LogP contribution < -0.4 is 0 Å². The van der Waals surface area contributed by atoms with Crippen LogP contribution in [0.4, 0.5) is 0 Å². The lowest BCUT2D eigenvalue weighted by molar-refractivity contribution is 0.303. The normalized spacial score (nSPS) is 17.3. The van der Waals surface area contributed by atoms with Crippen LogP contribution in [0.1, 0.15) is 48.9 Å². The third-order valence-corrected chi connectivity index (χ3v) is 5.14. The summed E-state index contributed by atoms with van der Waals surface area (Å²) in [5, 5.41) is 20.1. The number of nitrogens with one attached hydrogen (secondary N) is 1. The highest BCUT2D eigenvalue weighted by molar-refractivity contribution is 6.31. The van der Waals surface area contributed by atoms with Gasteiger partial charge in [-0.25, -0.2) is 0 Å². The fourth-order valence-corrected chi connectivity index (χ4v) is 3.82. The average Bonchev–Trinajstić information content (AvgIpc) is 2.84. The summed E-state index contributed by atoms with van der Waals surface area (Å²) < 4.78 is 0. The number of unbranched alkanes of at least 4 members (excludes halogenated alkanes) is 2. The second-order valence-electron chi connectivity index (χ2n) is 6.84. The maximum absolute atomic E-state index is 10.9. The zero-order valence-corrected chi connectivity index (χ0v) is 16.1. The molecule has 1 heterocycles. The Kier molecular flexibility index (Phi) is 5.67. The van der Waals surface area contributed by atoms with Gasteiger partial charge in [-0.2, -0.15) is 0 Å². The molecule has 0 aliphatic carbocycles. The first kappa shape index (κ1) is 18.5. The summed E-state index contributed by atoms with van der Waals surface area (Å²) in [6.45, 7) is 2.19. The van der Waals surface area contributed by atoms with Gasteiger partial charge >= 0.3 is 0 Å². The van der Waals surface area contributed by atoms with E-state index in [1.54, 1.807) is 4.90 Å². The molecule has 3 nitrogen and oxygen atoms in total. The lowest BCUT2D eigenvalue weighted by Gasteiger charge is -2.22. The second-order valence-corrected chi connectivity index (χ2v) is 7.27. The van der Waals surface area contributed by atoms with Gasteiger partial charge < -0.3 is 10.0 Å². The standard InChI is InChI=1S/C22H25ClN2O/c1-3-4-6-9-15-12-17(14-18(23)13-15)19-21(26)20(25(2)22(19)24)16-10-7-5-8-11-16/h5,7-8,10-14,20,24,26H,3-4,6,9H2,1-2H3. The van der Waals surface area contributed by atoms with Crippen LogP contribution in [0, 0.1) is 5.41 Å². The molecule has 136 valence electrons. The van der Waals surface area contributed by atoms with E-state index in [0.717, 1.165) is 29.5 Å². The van der Waals surface area contributed by atoms with Gasteiger partial charge in [0.1, 0.15) is 17.6 Å². The van der Waals surface area contributed by atoms with Crippen LogP contribution in [0.3, 0.4) is 0 Å². The molecule has 1 atom stereocenters. The molecule has 0 spiro atoms. The largest absolute Gasteiger partial charge is 0.509 e. The average molecular weight is 369 g/mol. The van der Waals surface area contributed by atoms with Crippen LogP contribution in [0.2, 0.25) is 5.02 Å². The van der Waals surface area contributed by atoms with E-state index in [1.807, 2.05) is 49.5 Å². The van der Waals surface area contributed by atoms with Gasteiger partial charge in [-0.15, -0.1) is 0 Å². The number of aliphatic hydroxyl groups is 1. The predicted molar refractivity (Wildman–Crippen MR) is 109 cm³/mol. The number of aryl methyl sites for hydroxylation is 1. The molecule has 1 unspecified atom stereocenters. The molecule has 0 aromatic heterocycles. The van der Waals surface area contributed by atoms with Crippen LogP contribution in [-0.4, -0.2) is 22.9 Å². The number of rotatable bonds is 6. The van der Waals surface area contributed by atoms with E-state index in [-0.39, 0.29) is 11.8 Å². The van der Waals surface area contributed by atoms with Crippen molar-refractivity contribution in [2.75, 3.05) is 7.05 Å². The lowest BCUT2D eigenvalue weighted by atomic mass is 9.98. The zero-order chi connectivity index (χ0) is 18.7. The summed E-state index contributed by atoms with van der Waals surface area (Å²) in [4.78, 5) is 1.80. The van der Waals surface area contributed by atoms with Crippen LogP contribution >= 0.6 is 11.6 Å². The molecule has 26 heavy (non-hydrogen) atoms. The highest BCUT2D eigenvalue weighted by atomic mass is 35.5. The Hall–Kier alpha value is -2.26. The fourth-order valence-electron chi connectivity index (χ4n) is 3.57. The Morgan fingerprint density at radius 3 is 2.54 bits per heavy atom. The van der Waals surface area contributed by atoms with E-state index in [0.29, 0.717) is 16.4 Å². The molecule has 0 fully saturated rings. The maximum atomic E-state index is 10.9. The Morgan fingerprint density at radius 2 is 1.85 bits per heavy atom. The van der Waals surface area contributed by atoms with Crippen molar-refractivity contribution < 1.29 is 5.11 Å². The molecule has 2 aromatic carbocycles. The summed E-state index contributed by atoms with van der Waals surface area (Å²) >= 11 is 6.34. The summed E-state index contributed by atoms with van der Waals surface area (Å²) in [6.07, 6.45) is 4.43. The van der Waals surface area contributed by atoms with Gasteiger partial charge in [0.15, 0.2) is 0 Å². The van der Waals surface area contributed by atoms with Gasteiger partial charge in [0.05, 0.1) is 5.57 Å². The van der Waals surface area contributed by atoms with Gasteiger partial charge in [0.2, 0.25) is 0 Å². The third kappa shape index (κ3) is 3.63. The SMILES string of the molecule is CCCCCc1cc(Cl)cc(C2=C(O)C(c3ccccc3)N(C)C2=N)c1. The number of halogens is 1. The van der Waals surface area contributed by atoms with E-state index in [1.165, 1.54) is 12.8 Å². The molecule has 0 amide bonds. The molecule has 2 aromatic rings. The van der Waals surface area contributed by atoms with E-state index in [2.05, 4.69) is 13.0 Å². The second kappa shape index (κ2) is 7.96. The molecule has 3 rings (SSSR count). The number of hydrogen-bond acceptors (Lipinski definition) is 2. The zero-order valence-electron chi connectivity index (χ0n) is 15.3. The Balaban J connectivity index is 1.99. The third-order valence-electron chi connectivity index (χ3n) is 4.92. The van der Waals surface area contributed by atoms with Crippen molar-refractivity contribution in [2.24, 2.45) is 0 Å². The van der Waals surface area contributed by atoms with Crippen molar-refractivity contribution in [3.05, 3.63) is 76.0 Å². The number of nitrogens with zero attached hydrogens (tertiary/aromatic N) is 1. The van der Waals surface area contributed by atoms with Gasteiger partial charge in [-0.1, -0.05) is 67.8 Å². The van der Waals surface area contributed by atoms with Crippen LogP contribution in [0.5, 0.6) is 0 Å². The number of hydrogen-bond donors (Lipinski definition) is 2. The molecule has 2 N–H and O–H groups in total. The maximum Gasteiger partial charge on any atom is 0.132 e. The minimum absolute atomic E-state index is 0.213. The summed E-state index contributed by atoms with van der Waals surface area (Å²) in [6, 6.07) is 15.3. The predicted octanol–water partition coefficient (Wildman–Crippen LogP) is 6.01. The van der Waals surface area contributed by atoms with Gasteiger partial charge in [0, 0.05) is 12.1 Å². The smallest absolute Gasteiger partial charge is 0.132 e.